The summed E-state index contributed by atoms with van der Waals surface area (Å²) < 4.78 is 26.8. The van der Waals surface area contributed by atoms with Crippen LogP contribution >= 0.6 is 0 Å². The molecule has 3 heteroatoms. The number of benzene rings is 1. The van der Waals surface area contributed by atoms with Crippen molar-refractivity contribution < 1.29 is 8.78 Å². The Bertz CT molecular complexity index is 673. The van der Waals surface area contributed by atoms with Gasteiger partial charge in [-0.2, -0.15) is 13.8 Å². The van der Waals surface area contributed by atoms with Crippen molar-refractivity contribution in [1.82, 2.24) is 4.98 Å². The summed E-state index contributed by atoms with van der Waals surface area (Å²) in [7, 11) is 0. The lowest BCUT2D eigenvalue weighted by molar-refractivity contribution is 0.303. The first-order valence-corrected chi connectivity index (χ1v) is 9.59. The summed E-state index contributed by atoms with van der Waals surface area (Å²) in [5, 5.41) is 0. The van der Waals surface area contributed by atoms with Crippen LogP contribution in [0, 0.1) is 17.8 Å². The van der Waals surface area contributed by atoms with E-state index in [2.05, 4.69) is 24.0 Å². The summed E-state index contributed by atoms with van der Waals surface area (Å²) in [6.07, 6.45) is 10.6. The molecule has 0 spiro atoms. The number of nitrogens with zero attached hydrogens (tertiary/aromatic N) is 1. The van der Waals surface area contributed by atoms with Gasteiger partial charge in [0, 0.05) is 5.56 Å². The molecule has 0 N–H and O–H groups in total. The summed E-state index contributed by atoms with van der Waals surface area (Å²) in [6.45, 7) is 2.26. The summed E-state index contributed by atoms with van der Waals surface area (Å²) >= 11 is 0. The molecule has 1 heterocycles. The quantitative estimate of drug-likeness (QED) is 0.411. The molecular formula is C22H27F2N. The fourth-order valence-electron chi connectivity index (χ4n) is 4.03. The third-order valence-electron chi connectivity index (χ3n) is 5.57. The second-order valence-corrected chi connectivity index (χ2v) is 7.31. The summed E-state index contributed by atoms with van der Waals surface area (Å²) in [6, 6.07) is 10.7. The van der Waals surface area contributed by atoms with Crippen molar-refractivity contribution in [3.05, 3.63) is 53.9 Å². The first-order chi connectivity index (χ1) is 12.2. The average Bonchev–Trinajstić information content (AvgIpc) is 2.63. The van der Waals surface area contributed by atoms with Gasteiger partial charge in [-0.1, -0.05) is 56.9 Å². The van der Waals surface area contributed by atoms with E-state index in [9.17, 15) is 8.78 Å². The molecule has 0 atom stereocenters. The average molecular weight is 343 g/mol. The standard InChI is InChI=1S/C22H27F2N/c1-2-3-4-5-16-6-8-17(9-7-16)18-10-12-19(13-11-18)20-14-15-21(23)25-22(20)24/h10-17H,2-9H2,1H3/t16-,17-. The summed E-state index contributed by atoms with van der Waals surface area (Å²) in [5.41, 5.74) is 2.45. The highest BCUT2D eigenvalue weighted by molar-refractivity contribution is 5.63. The Morgan fingerprint density at radius 3 is 2.28 bits per heavy atom. The Balaban J connectivity index is 1.60. The van der Waals surface area contributed by atoms with Gasteiger partial charge in [0.05, 0.1) is 0 Å². The number of pyridine rings is 1. The topological polar surface area (TPSA) is 12.9 Å². The van der Waals surface area contributed by atoms with E-state index in [-0.39, 0.29) is 0 Å². The molecule has 2 aromatic rings. The second kappa shape index (κ2) is 8.55. The normalized spacial score (nSPS) is 20.6. The molecule has 25 heavy (non-hydrogen) atoms. The molecular weight excluding hydrogens is 316 g/mol. The molecule has 0 aliphatic heterocycles. The molecule has 1 saturated carbocycles. The molecule has 134 valence electrons. The van der Waals surface area contributed by atoms with E-state index in [1.54, 1.807) is 0 Å². The monoisotopic (exact) mass is 343 g/mol. The molecule has 1 aromatic heterocycles. The van der Waals surface area contributed by atoms with Crippen molar-refractivity contribution in [1.29, 1.82) is 0 Å². The van der Waals surface area contributed by atoms with Crippen LogP contribution in [0.1, 0.15) is 69.8 Å². The number of halogens is 2. The minimum absolute atomic E-state index is 0.354. The van der Waals surface area contributed by atoms with Crippen LogP contribution in [-0.2, 0) is 0 Å². The number of aromatic nitrogens is 1. The van der Waals surface area contributed by atoms with Crippen LogP contribution in [0.4, 0.5) is 8.78 Å². The number of hydrogen-bond acceptors (Lipinski definition) is 1. The van der Waals surface area contributed by atoms with Crippen LogP contribution in [-0.4, -0.2) is 4.98 Å². The summed E-state index contributed by atoms with van der Waals surface area (Å²) in [5.74, 6) is -0.0111. The lowest BCUT2D eigenvalue weighted by atomic mass is 9.77. The molecule has 1 aliphatic rings. The Hall–Kier alpha value is -1.77. The number of unbranched alkanes of at least 4 members (excludes halogenated alkanes) is 2. The maximum atomic E-state index is 13.8. The molecule has 0 bridgehead atoms. The number of rotatable bonds is 6. The second-order valence-electron chi connectivity index (χ2n) is 7.31. The van der Waals surface area contributed by atoms with E-state index in [1.165, 1.54) is 69.1 Å². The van der Waals surface area contributed by atoms with E-state index >= 15 is 0 Å². The van der Waals surface area contributed by atoms with Gasteiger partial charge in [-0.15, -0.1) is 0 Å². The van der Waals surface area contributed by atoms with Gasteiger partial charge in [-0.3, -0.25) is 0 Å². The Kier molecular flexibility index (Phi) is 6.17. The van der Waals surface area contributed by atoms with Crippen LogP contribution in [0.25, 0.3) is 11.1 Å². The third kappa shape index (κ3) is 4.65. The SMILES string of the molecule is CCCCC[C@H]1CC[C@H](c2ccc(-c3ccc(F)nc3F)cc2)CC1. The van der Waals surface area contributed by atoms with Crippen molar-refractivity contribution in [3.8, 4) is 11.1 Å². The van der Waals surface area contributed by atoms with Gasteiger partial charge in [0.15, 0.2) is 0 Å². The van der Waals surface area contributed by atoms with Gasteiger partial charge in [0.25, 0.3) is 0 Å². The minimum atomic E-state index is -0.784. The molecule has 1 aromatic carbocycles. The Morgan fingerprint density at radius 1 is 0.920 bits per heavy atom. The zero-order valence-corrected chi connectivity index (χ0v) is 15.0. The smallest absolute Gasteiger partial charge is 0.190 e. The van der Waals surface area contributed by atoms with Gasteiger partial charge in [0.1, 0.15) is 0 Å². The van der Waals surface area contributed by atoms with E-state index in [0.717, 1.165) is 11.5 Å². The van der Waals surface area contributed by atoms with Crippen molar-refractivity contribution in [3.63, 3.8) is 0 Å². The zero-order chi connectivity index (χ0) is 17.6. The van der Waals surface area contributed by atoms with Gasteiger partial charge < -0.3 is 0 Å². The first-order valence-electron chi connectivity index (χ1n) is 9.59. The third-order valence-corrected chi connectivity index (χ3v) is 5.57. The van der Waals surface area contributed by atoms with Crippen LogP contribution in [0.15, 0.2) is 36.4 Å². The molecule has 1 fully saturated rings. The highest BCUT2D eigenvalue weighted by Crippen LogP contribution is 2.38. The minimum Gasteiger partial charge on any atom is -0.190 e. The summed E-state index contributed by atoms with van der Waals surface area (Å²) in [4.78, 5) is 3.27. The van der Waals surface area contributed by atoms with Crippen molar-refractivity contribution in [2.75, 3.05) is 0 Å². The fourth-order valence-corrected chi connectivity index (χ4v) is 4.03. The van der Waals surface area contributed by atoms with Gasteiger partial charge in [0.2, 0.25) is 11.9 Å². The Labute approximate surface area is 149 Å². The van der Waals surface area contributed by atoms with E-state index in [1.807, 2.05) is 12.1 Å². The van der Waals surface area contributed by atoms with Crippen molar-refractivity contribution >= 4 is 0 Å². The van der Waals surface area contributed by atoms with Crippen LogP contribution in [0.5, 0.6) is 0 Å². The molecule has 0 unspecified atom stereocenters. The predicted molar refractivity (Wildman–Crippen MR) is 98.4 cm³/mol. The van der Waals surface area contributed by atoms with Crippen molar-refractivity contribution in [2.45, 2.75) is 64.2 Å². The fraction of sp³-hybridized carbons (Fsp3) is 0.500. The molecule has 1 nitrogen and oxygen atoms in total. The first kappa shape index (κ1) is 18.0. The highest BCUT2D eigenvalue weighted by Gasteiger charge is 2.22. The Morgan fingerprint density at radius 2 is 1.64 bits per heavy atom. The number of hydrogen-bond donors (Lipinski definition) is 0. The van der Waals surface area contributed by atoms with Crippen LogP contribution < -0.4 is 0 Å². The van der Waals surface area contributed by atoms with Gasteiger partial charge in [-0.25, -0.2) is 0 Å². The highest BCUT2D eigenvalue weighted by atomic mass is 19.1. The lowest BCUT2D eigenvalue weighted by Gasteiger charge is -2.29. The van der Waals surface area contributed by atoms with Gasteiger partial charge in [-0.05, 0) is 60.8 Å². The van der Waals surface area contributed by atoms with E-state index in [4.69, 9.17) is 0 Å². The molecule has 0 radical (unpaired) electrons. The van der Waals surface area contributed by atoms with E-state index in [0.29, 0.717) is 11.5 Å². The van der Waals surface area contributed by atoms with E-state index < -0.39 is 11.9 Å². The molecule has 1 aliphatic carbocycles. The zero-order valence-electron chi connectivity index (χ0n) is 15.0. The maximum absolute atomic E-state index is 13.8. The lowest BCUT2D eigenvalue weighted by Crippen LogP contribution is -2.13. The molecule has 3 rings (SSSR count). The van der Waals surface area contributed by atoms with Crippen LogP contribution in [0.3, 0.4) is 0 Å². The predicted octanol–water partition coefficient (Wildman–Crippen LogP) is 6.88. The van der Waals surface area contributed by atoms with Gasteiger partial charge >= 0.3 is 0 Å². The molecule has 0 amide bonds. The van der Waals surface area contributed by atoms with Crippen molar-refractivity contribution in [2.24, 2.45) is 5.92 Å². The van der Waals surface area contributed by atoms with Crippen LogP contribution in [0.2, 0.25) is 0 Å². The molecule has 0 saturated heterocycles. The largest absolute Gasteiger partial charge is 0.223 e. The maximum Gasteiger partial charge on any atom is 0.223 e.